The van der Waals surface area contributed by atoms with E-state index in [4.69, 9.17) is 16.2 Å². The number of aliphatic carboxylic acids is 1. The van der Waals surface area contributed by atoms with E-state index < -0.39 is 45.1 Å². The number of rotatable bonds is 12. The third kappa shape index (κ3) is 6.92. The van der Waals surface area contributed by atoms with Gasteiger partial charge in [0.25, 0.3) is 5.91 Å². The van der Waals surface area contributed by atoms with E-state index in [1.54, 1.807) is 30.3 Å². The number of fused-ring (bicyclic) bond motifs is 1. The van der Waals surface area contributed by atoms with Crippen molar-refractivity contribution in [2.45, 2.75) is 10.9 Å². The van der Waals surface area contributed by atoms with Gasteiger partial charge in [0.1, 0.15) is 12.6 Å². The van der Waals surface area contributed by atoms with Crippen LogP contribution < -0.4 is 26.2 Å². The number of carboxylic acid groups (broad SMARTS) is 1. The number of hydrogen-bond donors (Lipinski definition) is 5. The van der Waals surface area contributed by atoms with Crippen LogP contribution in [0, 0.1) is 10.1 Å². The molecule has 0 saturated carbocycles. The van der Waals surface area contributed by atoms with Crippen molar-refractivity contribution in [2.24, 2.45) is 16.5 Å². The van der Waals surface area contributed by atoms with E-state index >= 15 is 0 Å². The van der Waals surface area contributed by atoms with Gasteiger partial charge in [-0.25, -0.2) is 8.42 Å². The molecule has 0 radical (unpaired) electrons. The first kappa shape index (κ1) is 27.8. The zero-order valence-electron chi connectivity index (χ0n) is 19.7. The van der Waals surface area contributed by atoms with Crippen molar-refractivity contribution in [2.75, 3.05) is 19.7 Å². The molecular weight excluding hydrogens is 520 g/mol. The van der Waals surface area contributed by atoms with E-state index in [0.717, 1.165) is 6.07 Å². The maximum Gasteiger partial charge on any atom is 0.323 e. The van der Waals surface area contributed by atoms with Crippen molar-refractivity contribution in [3.05, 3.63) is 76.3 Å². The molecular formula is C23H24N6O8S. The van der Waals surface area contributed by atoms with E-state index in [0.29, 0.717) is 10.8 Å². The molecule has 1 atom stereocenters. The van der Waals surface area contributed by atoms with E-state index in [9.17, 15) is 33.2 Å². The summed E-state index contributed by atoms with van der Waals surface area (Å²) < 4.78 is 33.3. The molecule has 7 N–H and O–H groups in total. The number of benzene rings is 3. The number of nitrogens with two attached hydrogens (primary N) is 2. The van der Waals surface area contributed by atoms with Crippen molar-refractivity contribution in [3.63, 3.8) is 0 Å². The van der Waals surface area contributed by atoms with E-state index in [1.807, 2.05) is 0 Å². The summed E-state index contributed by atoms with van der Waals surface area (Å²) in [6.45, 7) is -0.656. The highest BCUT2D eigenvalue weighted by Crippen LogP contribution is 2.28. The lowest BCUT2D eigenvalue weighted by atomic mass is 10.1. The Morgan fingerprint density at radius 1 is 1.11 bits per heavy atom. The Labute approximate surface area is 216 Å². The van der Waals surface area contributed by atoms with Crippen LogP contribution in [0.4, 0.5) is 5.69 Å². The molecule has 14 nitrogen and oxygen atoms in total. The topological polar surface area (TPSA) is 229 Å². The van der Waals surface area contributed by atoms with E-state index in [-0.39, 0.29) is 35.3 Å². The molecule has 0 aromatic heterocycles. The molecule has 3 aromatic carbocycles. The lowest BCUT2D eigenvalue weighted by Gasteiger charge is -2.17. The Bertz CT molecular complexity index is 1500. The predicted molar refractivity (Wildman–Crippen MR) is 137 cm³/mol. The first-order valence-electron chi connectivity index (χ1n) is 11.0. The lowest BCUT2D eigenvalue weighted by molar-refractivity contribution is -0.385. The van der Waals surface area contributed by atoms with Crippen molar-refractivity contribution in [1.82, 2.24) is 10.0 Å². The number of guanidine groups is 1. The predicted octanol–water partition coefficient (Wildman–Crippen LogP) is 0.562. The molecule has 0 saturated heterocycles. The molecule has 38 heavy (non-hydrogen) atoms. The zero-order valence-corrected chi connectivity index (χ0v) is 20.6. The number of nitro benzene ring substituents is 1. The lowest BCUT2D eigenvalue weighted by Crippen LogP contribution is -2.48. The van der Waals surface area contributed by atoms with Gasteiger partial charge in [0.15, 0.2) is 11.7 Å². The Hall–Kier alpha value is -4.76. The number of nitrogens with zero attached hydrogens (tertiary/aromatic N) is 2. The minimum Gasteiger partial charge on any atom is -0.485 e. The third-order valence-electron chi connectivity index (χ3n) is 5.16. The van der Waals surface area contributed by atoms with E-state index in [1.165, 1.54) is 24.3 Å². The summed E-state index contributed by atoms with van der Waals surface area (Å²) in [7, 11) is -4.30. The highest BCUT2D eigenvalue weighted by molar-refractivity contribution is 7.89. The summed E-state index contributed by atoms with van der Waals surface area (Å²) in [6, 6.07) is 12.9. The number of nitro groups is 1. The van der Waals surface area contributed by atoms with Gasteiger partial charge in [-0.05, 0) is 23.6 Å². The van der Waals surface area contributed by atoms with Gasteiger partial charge in [0, 0.05) is 23.6 Å². The molecule has 3 rings (SSSR count). The van der Waals surface area contributed by atoms with Crippen LogP contribution in [-0.4, -0.2) is 62.0 Å². The molecule has 0 spiro atoms. The van der Waals surface area contributed by atoms with Crippen molar-refractivity contribution >= 4 is 44.3 Å². The molecule has 0 bridgehead atoms. The molecule has 3 aromatic rings. The monoisotopic (exact) mass is 544 g/mol. The number of carbonyl (C=O) groups is 2. The van der Waals surface area contributed by atoms with Crippen LogP contribution in [0.15, 0.2) is 70.6 Å². The third-order valence-corrected chi connectivity index (χ3v) is 6.69. The average molecular weight is 545 g/mol. The van der Waals surface area contributed by atoms with Crippen molar-refractivity contribution < 1.29 is 32.8 Å². The SMILES string of the molecule is NC(N)=NCCOc1ccc(C(=O)NCC(NS(=O)(=O)c2cccc3ccccc23)C(=O)O)cc1[N+](=O)[O-]. The van der Waals surface area contributed by atoms with E-state index in [2.05, 4.69) is 15.0 Å². The molecule has 15 heteroatoms. The van der Waals surface area contributed by atoms with Crippen LogP contribution in [0.5, 0.6) is 5.75 Å². The van der Waals surface area contributed by atoms with Gasteiger partial charge >= 0.3 is 11.7 Å². The molecule has 200 valence electrons. The van der Waals surface area contributed by atoms with Gasteiger partial charge in [0.2, 0.25) is 10.0 Å². The Morgan fingerprint density at radius 3 is 2.50 bits per heavy atom. The van der Waals surface area contributed by atoms with Gasteiger partial charge in [-0.15, -0.1) is 0 Å². The molecule has 0 aliphatic carbocycles. The molecule has 1 amide bonds. The number of hydrogen-bond acceptors (Lipinski definition) is 8. The minimum atomic E-state index is -4.30. The largest absolute Gasteiger partial charge is 0.485 e. The highest BCUT2D eigenvalue weighted by Gasteiger charge is 2.27. The van der Waals surface area contributed by atoms with Crippen LogP contribution in [0.2, 0.25) is 0 Å². The van der Waals surface area contributed by atoms with Crippen LogP contribution in [-0.2, 0) is 14.8 Å². The number of carbonyl (C=O) groups excluding carboxylic acids is 1. The quantitative estimate of drug-likeness (QED) is 0.0699. The van der Waals surface area contributed by atoms with Crippen LogP contribution >= 0.6 is 0 Å². The molecule has 0 fully saturated rings. The Kier molecular flexibility index (Phi) is 8.77. The summed E-state index contributed by atoms with van der Waals surface area (Å²) in [5.74, 6) is -2.71. The zero-order chi connectivity index (χ0) is 27.9. The minimum absolute atomic E-state index is 0.0486. The summed E-state index contributed by atoms with van der Waals surface area (Å²) in [5.41, 5.74) is 9.71. The fourth-order valence-electron chi connectivity index (χ4n) is 3.41. The normalized spacial score (nSPS) is 11.9. The molecule has 0 aliphatic heterocycles. The standard InChI is InChI=1S/C23H24N6O8S/c24-23(25)26-10-11-37-19-9-8-15(12-18(19)29(33)34)21(30)27-13-17(22(31)32)28-38(35,36)20-7-3-5-14-4-1-2-6-16(14)20/h1-9,12,17,28H,10-11,13H2,(H,27,30)(H,31,32)(H4,24,25,26). The second-order valence-corrected chi connectivity index (χ2v) is 9.48. The van der Waals surface area contributed by atoms with Gasteiger partial charge in [0.05, 0.1) is 16.4 Å². The number of ether oxygens (including phenoxy) is 1. The fourth-order valence-corrected chi connectivity index (χ4v) is 4.83. The first-order valence-corrected chi connectivity index (χ1v) is 12.5. The number of sulfonamides is 1. The molecule has 0 aliphatic rings. The number of nitrogens with one attached hydrogen (secondary N) is 2. The number of amides is 1. The van der Waals surface area contributed by atoms with Crippen LogP contribution in [0.1, 0.15) is 10.4 Å². The summed E-state index contributed by atoms with van der Waals surface area (Å²) in [6.07, 6.45) is 0. The molecule has 0 heterocycles. The maximum absolute atomic E-state index is 13.0. The van der Waals surface area contributed by atoms with Gasteiger partial charge < -0.3 is 26.6 Å². The highest BCUT2D eigenvalue weighted by atomic mass is 32.2. The fraction of sp³-hybridized carbons (Fsp3) is 0.174. The number of aliphatic imine (C=N–C) groups is 1. The van der Waals surface area contributed by atoms with Gasteiger partial charge in [-0.3, -0.25) is 24.7 Å². The molecule has 1 unspecified atom stereocenters. The maximum atomic E-state index is 13.0. The smallest absolute Gasteiger partial charge is 0.323 e. The van der Waals surface area contributed by atoms with Crippen LogP contribution in [0.3, 0.4) is 0 Å². The van der Waals surface area contributed by atoms with Gasteiger partial charge in [-0.1, -0.05) is 36.4 Å². The van der Waals surface area contributed by atoms with Crippen LogP contribution in [0.25, 0.3) is 10.8 Å². The average Bonchev–Trinajstić information content (AvgIpc) is 2.88. The Balaban J connectivity index is 1.73. The first-order chi connectivity index (χ1) is 18.0. The second kappa shape index (κ2) is 12.0. The van der Waals surface area contributed by atoms with Crippen molar-refractivity contribution in [1.29, 1.82) is 0 Å². The van der Waals surface area contributed by atoms with Crippen molar-refractivity contribution in [3.8, 4) is 5.75 Å². The second-order valence-electron chi connectivity index (χ2n) is 7.79. The summed E-state index contributed by atoms with van der Waals surface area (Å²) in [5, 5.41) is 24.3. The Morgan fingerprint density at radius 2 is 1.82 bits per heavy atom. The van der Waals surface area contributed by atoms with Gasteiger partial charge in [-0.2, -0.15) is 4.72 Å². The summed E-state index contributed by atoms with van der Waals surface area (Å²) >= 11 is 0. The summed E-state index contributed by atoms with van der Waals surface area (Å²) in [4.78, 5) is 38.6. The number of carboxylic acids is 1.